The average molecular weight is 500 g/mol. The second-order valence-corrected chi connectivity index (χ2v) is 6.68. The minimum atomic E-state index is -4.34. The third-order valence-corrected chi connectivity index (χ3v) is 3.86. The van der Waals surface area contributed by atoms with E-state index in [4.69, 9.17) is 0 Å². The van der Waals surface area contributed by atoms with E-state index in [-0.39, 0.29) is 36.4 Å². The Balaban J connectivity index is 0.00000676. The van der Waals surface area contributed by atoms with Crippen LogP contribution in [0.15, 0.2) is 29.3 Å². The molecule has 1 amide bonds. The van der Waals surface area contributed by atoms with E-state index in [0.717, 1.165) is 17.7 Å². The summed E-state index contributed by atoms with van der Waals surface area (Å²) in [7, 11) is 3.38. The Morgan fingerprint density at radius 3 is 2.19 bits per heavy atom. The van der Waals surface area contributed by atoms with E-state index < -0.39 is 17.2 Å². The maximum Gasteiger partial charge on any atom is 0.416 e. The molecule has 0 saturated heterocycles. The van der Waals surface area contributed by atoms with Crippen LogP contribution < -0.4 is 10.6 Å². The molecule has 0 fully saturated rings. The standard InChI is InChI=1S/C18H27F3N4O.HI/c1-6-23-16(24-12-17(2,3)15(26)22-4)25(5)11-13-7-9-14(10-8-13)18(19,20)21;/h7-10H,6,11-12H2,1-5H3,(H,22,26)(H,23,24);1H. The highest BCUT2D eigenvalue weighted by Crippen LogP contribution is 2.29. The lowest BCUT2D eigenvalue weighted by Crippen LogP contribution is -2.41. The zero-order chi connectivity index (χ0) is 20.0. The quantitative estimate of drug-likeness (QED) is 0.357. The van der Waals surface area contributed by atoms with Crippen LogP contribution in [-0.2, 0) is 17.5 Å². The fraction of sp³-hybridized carbons (Fsp3) is 0.556. The van der Waals surface area contributed by atoms with E-state index in [1.807, 2.05) is 11.8 Å². The molecule has 0 saturated carbocycles. The van der Waals surface area contributed by atoms with Crippen LogP contribution in [0.2, 0.25) is 0 Å². The first-order valence-electron chi connectivity index (χ1n) is 8.39. The number of carbonyl (C=O) groups is 1. The molecule has 1 rings (SSSR count). The molecule has 0 radical (unpaired) electrons. The number of benzene rings is 1. The van der Waals surface area contributed by atoms with E-state index in [1.165, 1.54) is 12.1 Å². The van der Waals surface area contributed by atoms with Crippen molar-refractivity contribution in [2.24, 2.45) is 10.4 Å². The topological polar surface area (TPSA) is 56.7 Å². The molecule has 0 unspecified atom stereocenters. The minimum absolute atomic E-state index is 0. The van der Waals surface area contributed by atoms with E-state index >= 15 is 0 Å². The van der Waals surface area contributed by atoms with Crippen LogP contribution in [0.5, 0.6) is 0 Å². The van der Waals surface area contributed by atoms with E-state index in [1.54, 1.807) is 27.9 Å². The first-order chi connectivity index (χ1) is 12.0. The molecule has 2 N–H and O–H groups in total. The van der Waals surface area contributed by atoms with Gasteiger partial charge in [0.15, 0.2) is 5.96 Å². The largest absolute Gasteiger partial charge is 0.416 e. The predicted molar refractivity (Wildman–Crippen MR) is 112 cm³/mol. The van der Waals surface area contributed by atoms with E-state index in [2.05, 4.69) is 15.6 Å². The molecular weight excluding hydrogens is 472 g/mol. The van der Waals surface area contributed by atoms with E-state index in [0.29, 0.717) is 19.0 Å². The lowest BCUT2D eigenvalue weighted by atomic mass is 9.93. The fourth-order valence-corrected chi connectivity index (χ4v) is 2.30. The Hall–Kier alpha value is -1.52. The lowest BCUT2D eigenvalue weighted by Gasteiger charge is -2.25. The van der Waals surface area contributed by atoms with Gasteiger partial charge >= 0.3 is 6.18 Å². The zero-order valence-corrected chi connectivity index (χ0v) is 18.6. The first-order valence-corrected chi connectivity index (χ1v) is 8.39. The highest BCUT2D eigenvalue weighted by Gasteiger charge is 2.30. The van der Waals surface area contributed by atoms with Gasteiger partial charge in [0.25, 0.3) is 0 Å². The number of guanidine groups is 1. The van der Waals surface area contributed by atoms with Crippen LogP contribution in [0.3, 0.4) is 0 Å². The number of aliphatic imine (C=N–C) groups is 1. The molecule has 0 spiro atoms. The zero-order valence-electron chi connectivity index (χ0n) is 16.3. The molecule has 0 bridgehead atoms. The SMILES string of the molecule is CCNC(=NCC(C)(C)C(=O)NC)N(C)Cc1ccc(C(F)(F)F)cc1.I. The summed E-state index contributed by atoms with van der Waals surface area (Å²) in [6.07, 6.45) is -4.34. The Morgan fingerprint density at radius 1 is 1.19 bits per heavy atom. The summed E-state index contributed by atoms with van der Waals surface area (Å²) in [5.74, 6) is 0.479. The van der Waals surface area contributed by atoms with Gasteiger partial charge in [-0.05, 0) is 38.5 Å². The molecule has 27 heavy (non-hydrogen) atoms. The van der Waals surface area contributed by atoms with Crippen LogP contribution in [0.4, 0.5) is 13.2 Å². The highest BCUT2D eigenvalue weighted by atomic mass is 127. The van der Waals surface area contributed by atoms with E-state index in [9.17, 15) is 18.0 Å². The number of carbonyl (C=O) groups excluding carboxylic acids is 1. The molecule has 1 aromatic rings. The van der Waals surface area contributed by atoms with Gasteiger partial charge in [0.2, 0.25) is 5.91 Å². The maximum atomic E-state index is 12.6. The number of rotatable bonds is 6. The first kappa shape index (κ1) is 25.5. The van der Waals surface area contributed by atoms with Gasteiger partial charge in [-0.2, -0.15) is 13.2 Å². The van der Waals surface area contributed by atoms with Gasteiger partial charge in [0, 0.05) is 27.2 Å². The molecule has 5 nitrogen and oxygen atoms in total. The predicted octanol–water partition coefficient (Wildman–Crippen LogP) is 3.49. The summed E-state index contributed by atoms with van der Waals surface area (Å²) in [4.78, 5) is 18.2. The number of nitrogens with zero attached hydrogens (tertiary/aromatic N) is 2. The normalized spacial score (nSPS) is 12.2. The van der Waals surface area contributed by atoms with Crippen LogP contribution in [0.1, 0.15) is 31.9 Å². The summed E-state index contributed by atoms with van der Waals surface area (Å²) in [5.41, 5.74) is -0.599. The van der Waals surface area contributed by atoms with Gasteiger partial charge in [-0.1, -0.05) is 12.1 Å². The third-order valence-electron chi connectivity index (χ3n) is 3.86. The van der Waals surface area contributed by atoms with Gasteiger partial charge in [-0.25, -0.2) is 0 Å². The molecule has 0 aliphatic carbocycles. The van der Waals surface area contributed by atoms with Crippen LogP contribution >= 0.6 is 24.0 Å². The lowest BCUT2D eigenvalue weighted by molar-refractivity contribution is -0.137. The Morgan fingerprint density at radius 2 is 1.74 bits per heavy atom. The number of nitrogens with one attached hydrogen (secondary N) is 2. The van der Waals surface area contributed by atoms with Crippen molar-refractivity contribution in [1.29, 1.82) is 0 Å². The van der Waals surface area contributed by atoms with Crippen molar-refractivity contribution in [2.75, 3.05) is 27.2 Å². The summed E-state index contributed by atoms with van der Waals surface area (Å²) in [6, 6.07) is 5.05. The molecule has 9 heteroatoms. The second kappa shape index (κ2) is 10.7. The average Bonchev–Trinajstić information content (AvgIpc) is 2.57. The van der Waals surface area contributed by atoms with Gasteiger partial charge in [-0.15, -0.1) is 24.0 Å². The molecule has 1 aromatic carbocycles. The van der Waals surface area contributed by atoms with Gasteiger partial charge < -0.3 is 15.5 Å². The molecule has 154 valence electrons. The van der Waals surface area contributed by atoms with Crippen molar-refractivity contribution < 1.29 is 18.0 Å². The Bertz CT molecular complexity index is 630. The molecule has 0 aromatic heterocycles. The van der Waals surface area contributed by atoms with Crippen LogP contribution in [0, 0.1) is 5.41 Å². The minimum Gasteiger partial charge on any atom is -0.359 e. The summed E-state index contributed by atoms with van der Waals surface area (Å²) < 4.78 is 37.9. The molecule has 0 atom stereocenters. The number of alkyl halides is 3. The van der Waals surface area contributed by atoms with Crippen molar-refractivity contribution in [3.8, 4) is 0 Å². The fourth-order valence-electron chi connectivity index (χ4n) is 2.30. The number of halogens is 4. The van der Waals surface area contributed by atoms with Crippen molar-refractivity contribution in [1.82, 2.24) is 15.5 Å². The van der Waals surface area contributed by atoms with Gasteiger partial charge in [0.05, 0.1) is 17.5 Å². The maximum absolute atomic E-state index is 12.6. The molecule has 0 aliphatic rings. The van der Waals surface area contributed by atoms with Gasteiger partial charge in [0.1, 0.15) is 0 Å². The summed E-state index contributed by atoms with van der Waals surface area (Å²) in [5, 5.41) is 5.75. The molecular formula is C18H28F3IN4O. The Labute approximate surface area is 175 Å². The second-order valence-electron chi connectivity index (χ2n) is 6.68. The summed E-state index contributed by atoms with van der Waals surface area (Å²) in [6.45, 7) is 6.84. The highest BCUT2D eigenvalue weighted by molar-refractivity contribution is 14.0. The van der Waals surface area contributed by atoms with Gasteiger partial charge in [-0.3, -0.25) is 9.79 Å². The summed E-state index contributed by atoms with van der Waals surface area (Å²) >= 11 is 0. The Kier molecular flexibility index (Phi) is 10.1. The number of hydrogen-bond donors (Lipinski definition) is 2. The monoisotopic (exact) mass is 500 g/mol. The van der Waals surface area contributed by atoms with Crippen molar-refractivity contribution in [3.05, 3.63) is 35.4 Å². The van der Waals surface area contributed by atoms with Crippen molar-refractivity contribution >= 4 is 35.8 Å². The van der Waals surface area contributed by atoms with Crippen LogP contribution in [0.25, 0.3) is 0 Å². The number of hydrogen-bond acceptors (Lipinski definition) is 2. The molecule has 0 aliphatic heterocycles. The van der Waals surface area contributed by atoms with Crippen molar-refractivity contribution in [2.45, 2.75) is 33.5 Å². The van der Waals surface area contributed by atoms with Crippen LogP contribution in [-0.4, -0.2) is 44.0 Å². The molecule has 0 heterocycles. The van der Waals surface area contributed by atoms with Crippen molar-refractivity contribution in [3.63, 3.8) is 0 Å². The number of amides is 1. The third kappa shape index (κ3) is 7.94. The smallest absolute Gasteiger partial charge is 0.359 e.